The summed E-state index contributed by atoms with van der Waals surface area (Å²) in [6.45, 7) is 4.47. The van der Waals surface area contributed by atoms with Gasteiger partial charge in [0, 0.05) is 25.8 Å². The lowest BCUT2D eigenvalue weighted by Gasteiger charge is -2.13. The zero-order valence-corrected chi connectivity index (χ0v) is 14.2. The molecule has 2 aliphatic rings. The van der Waals surface area contributed by atoms with Crippen LogP contribution in [0.4, 0.5) is 11.6 Å². The molecule has 4 rings (SSSR count). The van der Waals surface area contributed by atoms with Crippen LogP contribution in [-0.2, 0) is 11.3 Å². The zero-order chi connectivity index (χ0) is 17.1. The number of fused-ring (bicyclic) bond motifs is 1. The Morgan fingerprint density at radius 2 is 1.92 bits per heavy atom. The molecule has 0 radical (unpaired) electrons. The summed E-state index contributed by atoms with van der Waals surface area (Å²) < 4.78 is 16.4. The van der Waals surface area contributed by atoms with Crippen LogP contribution in [0.5, 0.6) is 11.5 Å². The number of nitrogens with one attached hydrogen (secondary N) is 2. The summed E-state index contributed by atoms with van der Waals surface area (Å²) >= 11 is 0. The van der Waals surface area contributed by atoms with Gasteiger partial charge in [0.2, 0.25) is 6.79 Å². The lowest BCUT2D eigenvalue weighted by atomic mass is 10.2. The average molecular weight is 342 g/mol. The van der Waals surface area contributed by atoms with Gasteiger partial charge >= 0.3 is 0 Å². The van der Waals surface area contributed by atoms with Crippen LogP contribution in [0.3, 0.4) is 0 Å². The van der Waals surface area contributed by atoms with Crippen molar-refractivity contribution in [3.8, 4) is 11.5 Å². The van der Waals surface area contributed by atoms with Crippen LogP contribution in [0.15, 0.2) is 24.3 Å². The van der Waals surface area contributed by atoms with E-state index in [2.05, 4.69) is 20.6 Å². The molecular formula is C18H22N4O3. The maximum absolute atomic E-state index is 5.63. The third-order valence-corrected chi connectivity index (χ3v) is 4.28. The van der Waals surface area contributed by atoms with E-state index in [1.54, 1.807) is 0 Å². The Kier molecular flexibility index (Phi) is 4.56. The minimum atomic E-state index is 0.278. The van der Waals surface area contributed by atoms with E-state index < -0.39 is 0 Å². The summed E-state index contributed by atoms with van der Waals surface area (Å²) in [5, 5.41) is 6.69. The van der Waals surface area contributed by atoms with Gasteiger partial charge in [-0.15, -0.1) is 0 Å². The third kappa shape index (κ3) is 3.93. The Balaban J connectivity index is 1.38. The first kappa shape index (κ1) is 16.0. The molecule has 2 aliphatic heterocycles. The zero-order valence-electron chi connectivity index (χ0n) is 14.2. The highest BCUT2D eigenvalue weighted by atomic mass is 16.7. The van der Waals surface area contributed by atoms with Crippen LogP contribution in [0.2, 0.25) is 0 Å². The Labute approximate surface area is 146 Å². The molecule has 7 heteroatoms. The normalized spacial score (nSPS) is 18.4. The lowest BCUT2D eigenvalue weighted by molar-refractivity contribution is 0.120. The van der Waals surface area contributed by atoms with Crippen molar-refractivity contribution in [1.29, 1.82) is 0 Å². The van der Waals surface area contributed by atoms with Gasteiger partial charge in [0.05, 0.1) is 6.10 Å². The van der Waals surface area contributed by atoms with Crippen LogP contribution < -0.4 is 20.1 Å². The van der Waals surface area contributed by atoms with Crippen molar-refractivity contribution in [3.05, 3.63) is 35.7 Å². The Hall–Kier alpha value is -2.54. The average Bonchev–Trinajstić information content (AvgIpc) is 3.28. The van der Waals surface area contributed by atoms with Crippen molar-refractivity contribution in [2.45, 2.75) is 32.4 Å². The molecule has 7 nitrogen and oxygen atoms in total. The van der Waals surface area contributed by atoms with Gasteiger partial charge in [0.25, 0.3) is 0 Å². The molecule has 1 atom stereocenters. The van der Waals surface area contributed by atoms with E-state index >= 15 is 0 Å². The number of benzene rings is 1. The van der Waals surface area contributed by atoms with E-state index in [1.165, 1.54) is 0 Å². The molecule has 1 aromatic heterocycles. The predicted octanol–water partition coefficient (Wildman–Crippen LogP) is 2.72. The summed E-state index contributed by atoms with van der Waals surface area (Å²) in [6, 6.07) is 7.86. The summed E-state index contributed by atoms with van der Waals surface area (Å²) in [4.78, 5) is 8.89. The van der Waals surface area contributed by atoms with E-state index in [0.717, 1.165) is 60.5 Å². The van der Waals surface area contributed by atoms with E-state index in [-0.39, 0.29) is 12.9 Å². The van der Waals surface area contributed by atoms with E-state index in [1.807, 2.05) is 31.2 Å². The minimum absolute atomic E-state index is 0.278. The fourth-order valence-corrected chi connectivity index (χ4v) is 3.02. The van der Waals surface area contributed by atoms with E-state index in [9.17, 15) is 0 Å². The molecule has 25 heavy (non-hydrogen) atoms. The first-order valence-electron chi connectivity index (χ1n) is 8.60. The molecule has 3 heterocycles. The van der Waals surface area contributed by atoms with E-state index in [4.69, 9.17) is 14.2 Å². The molecule has 0 spiro atoms. The second-order valence-electron chi connectivity index (χ2n) is 6.24. The highest BCUT2D eigenvalue weighted by molar-refractivity contribution is 5.49. The molecule has 0 saturated carbocycles. The van der Waals surface area contributed by atoms with Gasteiger partial charge in [-0.05, 0) is 37.5 Å². The molecule has 1 unspecified atom stereocenters. The van der Waals surface area contributed by atoms with Crippen LogP contribution in [-0.4, -0.2) is 36.0 Å². The Morgan fingerprint density at radius 3 is 2.76 bits per heavy atom. The summed E-state index contributed by atoms with van der Waals surface area (Å²) in [5.41, 5.74) is 1.11. The summed E-state index contributed by atoms with van der Waals surface area (Å²) in [7, 11) is 0. The largest absolute Gasteiger partial charge is 0.454 e. The van der Waals surface area contributed by atoms with Gasteiger partial charge in [-0.2, -0.15) is 0 Å². The van der Waals surface area contributed by atoms with Crippen molar-refractivity contribution in [1.82, 2.24) is 9.97 Å². The standard InChI is InChI=1S/C18H22N4O3/c1-12-21-17(8-18(22-12)20-10-14-3-2-6-23-14)19-9-13-4-5-15-16(7-13)25-11-24-15/h4-5,7-8,14H,2-3,6,9-11H2,1H3,(H2,19,20,21,22). The molecule has 1 saturated heterocycles. The molecule has 0 aliphatic carbocycles. The Bertz CT molecular complexity index is 747. The maximum Gasteiger partial charge on any atom is 0.231 e. The molecule has 2 N–H and O–H groups in total. The van der Waals surface area contributed by atoms with Crippen molar-refractivity contribution < 1.29 is 14.2 Å². The lowest BCUT2D eigenvalue weighted by Crippen LogP contribution is -2.19. The second-order valence-corrected chi connectivity index (χ2v) is 6.24. The first-order valence-corrected chi connectivity index (χ1v) is 8.60. The fourth-order valence-electron chi connectivity index (χ4n) is 3.02. The van der Waals surface area contributed by atoms with Crippen molar-refractivity contribution in [2.75, 3.05) is 30.6 Å². The van der Waals surface area contributed by atoms with Gasteiger partial charge < -0.3 is 24.8 Å². The quantitative estimate of drug-likeness (QED) is 0.836. The molecular weight excluding hydrogens is 320 g/mol. The highest BCUT2D eigenvalue weighted by Gasteiger charge is 2.16. The number of anilines is 2. The summed E-state index contributed by atoms with van der Waals surface area (Å²) in [5.74, 6) is 3.92. The van der Waals surface area contributed by atoms with Crippen molar-refractivity contribution in [3.63, 3.8) is 0 Å². The number of rotatable bonds is 6. The molecule has 1 aromatic carbocycles. The molecule has 2 aromatic rings. The van der Waals surface area contributed by atoms with Gasteiger partial charge in [0.1, 0.15) is 17.5 Å². The molecule has 132 valence electrons. The minimum Gasteiger partial charge on any atom is -0.454 e. The van der Waals surface area contributed by atoms with Crippen LogP contribution in [0.25, 0.3) is 0 Å². The van der Waals surface area contributed by atoms with Gasteiger partial charge in [-0.25, -0.2) is 9.97 Å². The fraction of sp³-hybridized carbons (Fsp3) is 0.444. The topological polar surface area (TPSA) is 77.5 Å². The molecule has 0 amide bonds. The van der Waals surface area contributed by atoms with Gasteiger partial charge in [0.15, 0.2) is 11.5 Å². The smallest absolute Gasteiger partial charge is 0.231 e. The van der Waals surface area contributed by atoms with Crippen LogP contribution in [0, 0.1) is 6.92 Å². The number of hydrogen-bond acceptors (Lipinski definition) is 7. The van der Waals surface area contributed by atoms with Crippen molar-refractivity contribution in [2.24, 2.45) is 0 Å². The van der Waals surface area contributed by atoms with Gasteiger partial charge in [-0.3, -0.25) is 0 Å². The summed E-state index contributed by atoms with van der Waals surface area (Å²) in [6.07, 6.45) is 2.52. The number of aromatic nitrogens is 2. The number of nitrogens with zero attached hydrogens (tertiary/aromatic N) is 2. The maximum atomic E-state index is 5.63. The van der Waals surface area contributed by atoms with E-state index in [0.29, 0.717) is 6.54 Å². The predicted molar refractivity (Wildman–Crippen MR) is 94.1 cm³/mol. The number of hydrogen-bond donors (Lipinski definition) is 2. The molecule has 0 bridgehead atoms. The number of ether oxygens (including phenoxy) is 3. The van der Waals surface area contributed by atoms with Crippen molar-refractivity contribution >= 4 is 11.6 Å². The number of aryl methyl sites for hydroxylation is 1. The first-order chi connectivity index (χ1) is 12.3. The van der Waals surface area contributed by atoms with Crippen LogP contribution in [0.1, 0.15) is 24.2 Å². The van der Waals surface area contributed by atoms with Gasteiger partial charge in [-0.1, -0.05) is 6.07 Å². The monoisotopic (exact) mass is 342 g/mol. The second kappa shape index (κ2) is 7.14. The SMILES string of the molecule is Cc1nc(NCc2ccc3c(c2)OCO3)cc(NCC2CCCO2)n1. The van der Waals surface area contributed by atoms with Crippen LogP contribution >= 0.6 is 0 Å². The Morgan fingerprint density at radius 1 is 1.08 bits per heavy atom. The molecule has 1 fully saturated rings. The highest BCUT2D eigenvalue weighted by Crippen LogP contribution is 2.32. The third-order valence-electron chi connectivity index (χ3n) is 4.28.